The Balaban J connectivity index is 2.26. The van der Waals surface area contributed by atoms with Crippen LogP contribution in [0.2, 0.25) is 0 Å². The fraction of sp³-hybridized carbons (Fsp3) is 0.611. The van der Waals surface area contributed by atoms with Crippen LogP contribution in [-0.4, -0.2) is 45.0 Å². The highest BCUT2D eigenvalue weighted by Gasteiger charge is 2.13. The Morgan fingerprint density at radius 1 is 0.826 bits per heavy atom. The summed E-state index contributed by atoms with van der Waals surface area (Å²) in [4.78, 5) is 10.6. The van der Waals surface area contributed by atoms with Crippen LogP contribution >= 0.6 is 0 Å². The predicted octanol–water partition coefficient (Wildman–Crippen LogP) is 1.98. The first-order valence-electron chi connectivity index (χ1n) is 8.19. The van der Waals surface area contributed by atoms with Gasteiger partial charge in [-0.2, -0.15) is 0 Å². The Bertz CT molecular complexity index is 443. The number of aldehydes is 1. The van der Waals surface area contributed by atoms with Crippen molar-refractivity contribution in [2.45, 2.75) is 69.9 Å². The Morgan fingerprint density at radius 3 is 1.78 bits per heavy atom. The molecule has 0 fully saturated rings. The van der Waals surface area contributed by atoms with Gasteiger partial charge in [0.1, 0.15) is 6.29 Å². The summed E-state index contributed by atoms with van der Waals surface area (Å²) in [5.41, 5.74) is 1.28. The van der Waals surface area contributed by atoms with Gasteiger partial charge >= 0.3 is 0 Å². The Hall–Kier alpha value is -1.27. The van der Waals surface area contributed by atoms with Crippen LogP contribution in [0.3, 0.4) is 0 Å². The molecule has 5 heteroatoms. The number of carbonyl (C=O) groups excluding carboxylic acids is 1. The van der Waals surface area contributed by atoms with E-state index in [1.54, 1.807) is 31.2 Å². The predicted molar refractivity (Wildman–Crippen MR) is 88.2 cm³/mol. The van der Waals surface area contributed by atoms with Gasteiger partial charge in [-0.25, -0.2) is 0 Å². The molecular weight excluding hydrogens is 296 g/mol. The average Bonchev–Trinajstić information content (AvgIpc) is 2.55. The third-order valence-electron chi connectivity index (χ3n) is 3.98. The van der Waals surface area contributed by atoms with E-state index >= 15 is 0 Å². The molecule has 0 heterocycles. The van der Waals surface area contributed by atoms with E-state index in [0.717, 1.165) is 11.8 Å². The first kappa shape index (κ1) is 19.8. The van der Waals surface area contributed by atoms with Gasteiger partial charge in [0.25, 0.3) is 0 Å². The van der Waals surface area contributed by atoms with E-state index in [0.29, 0.717) is 44.1 Å². The molecule has 0 bridgehead atoms. The van der Waals surface area contributed by atoms with E-state index in [2.05, 4.69) is 0 Å². The number of aliphatic hydroxyl groups excluding tert-OH is 4. The maximum atomic E-state index is 10.6. The second-order valence-corrected chi connectivity index (χ2v) is 6.19. The van der Waals surface area contributed by atoms with Gasteiger partial charge < -0.3 is 20.4 Å². The second-order valence-electron chi connectivity index (χ2n) is 6.19. The summed E-state index contributed by atoms with van der Waals surface area (Å²) in [6, 6.07) is 6.72. The molecule has 0 spiro atoms. The lowest BCUT2D eigenvalue weighted by atomic mass is 9.98. The van der Waals surface area contributed by atoms with Crippen LogP contribution < -0.4 is 0 Å². The van der Waals surface area contributed by atoms with Crippen LogP contribution in [0.15, 0.2) is 24.3 Å². The van der Waals surface area contributed by atoms with Gasteiger partial charge in [0.05, 0.1) is 24.4 Å². The van der Waals surface area contributed by atoms with Crippen LogP contribution in [0.4, 0.5) is 0 Å². The van der Waals surface area contributed by atoms with E-state index in [1.807, 2.05) is 0 Å². The van der Waals surface area contributed by atoms with E-state index < -0.39 is 24.4 Å². The number of benzene rings is 1. The normalized spacial score (nSPS) is 16.6. The molecule has 23 heavy (non-hydrogen) atoms. The average molecular weight is 324 g/mol. The molecule has 1 rings (SSSR count). The van der Waals surface area contributed by atoms with Crippen molar-refractivity contribution in [3.63, 3.8) is 0 Å². The smallest absolute Gasteiger partial charge is 0.150 e. The number of hydrogen-bond acceptors (Lipinski definition) is 5. The van der Waals surface area contributed by atoms with E-state index in [4.69, 9.17) is 5.11 Å². The highest BCUT2D eigenvalue weighted by Crippen LogP contribution is 2.21. The molecule has 0 saturated heterocycles. The molecule has 1 aromatic rings. The van der Waals surface area contributed by atoms with Gasteiger partial charge in [0.2, 0.25) is 0 Å². The van der Waals surface area contributed by atoms with Gasteiger partial charge in [0, 0.05) is 5.56 Å². The molecule has 0 amide bonds. The molecule has 4 unspecified atom stereocenters. The molecule has 0 aliphatic carbocycles. The van der Waals surface area contributed by atoms with Crippen LogP contribution in [0.1, 0.15) is 67.5 Å². The zero-order valence-electron chi connectivity index (χ0n) is 13.6. The maximum Gasteiger partial charge on any atom is 0.150 e. The first-order valence-corrected chi connectivity index (χ1v) is 8.19. The minimum Gasteiger partial charge on any atom is -0.393 e. The Labute approximate surface area is 137 Å². The van der Waals surface area contributed by atoms with E-state index in [1.165, 1.54) is 0 Å². The number of carbonyl (C=O) groups is 1. The number of aliphatic hydroxyl groups is 4. The Kier molecular flexibility index (Phi) is 9.02. The minimum absolute atomic E-state index is 0.421. The van der Waals surface area contributed by atoms with Crippen molar-refractivity contribution in [1.82, 2.24) is 0 Å². The molecule has 5 nitrogen and oxygen atoms in total. The number of hydrogen-bond donors (Lipinski definition) is 4. The monoisotopic (exact) mass is 324 g/mol. The van der Waals surface area contributed by atoms with Crippen molar-refractivity contribution in [2.75, 3.05) is 0 Å². The van der Waals surface area contributed by atoms with E-state index in [9.17, 15) is 20.1 Å². The molecule has 1 aromatic carbocycles. The molecule has 0 aromatic heterocycles. The van der Waals surface area contributed by atoms with Crippen LogP contribution in [-0.2, 0) is 0 Å². The van der Waals surface area contributed by atoms with Gasteiger partial charge in [0.15, 0.2) is 0 Å². The quantitative estimate of drug-likeness (QED) is 0.467. The lowest BCUT2D eigenvalue weighted by Crippen LogP contribution is -2.15. The van der Waals surface area contributed by atoms with Gasteiger partial charge in [-0.3, -0.25) is 4.79 Å². The fourth-order valence-corrected chi connectivity index (χ4v) is 2.42. The third kappa shape index (κ3) is 8.23. The SMILES string of the molecule is CC(O)CCC(O)CCC(O)CCC(O)c1ccc(C=O)cc1. The lowest BCUT2D eigenvalue weighted by Gasteiger charge is -2.17. The summed E-state index contributed by atoms with van der Waals surface area (Å²) in [6.45, 7) is 1.69. The topological polar surface area (TPSA) is 98.0 Å². The molecule has 0 saturated carbocycles. The molecule has 0 aliphatic rings. The molecule has 0 radical (unpaired) electrons. The summed E-state index contributed by atoms with van der Waals surface area (Å²) in [7, 11) is 0. The van der Waals surface area contributed by atoms with Gasteiger partial charge in [-0.15, -0.1) is 0 Å². The standard InChI is InChI=1S/C18H28O5/c1-13(20)2-7-16(21)8-9-17(22)10-11-18(23)15-5-3-14(12-19)4-6-15/h3-6,12-13,16-18,20-23H,2,7-11H2,1H3. The van der Waals surface area contributed by atoms with Gasteiger partial charge in [-0.05, 0) is 51.0 Å². The molecule has 0 aliphatic heterocycles. The first-order chi connectivity index (χ1) is 10.9. The lowest BCUT2D eigenvalue weighted by molar-refractivity contribution is 0.0782. The summed E-state index contributed by atoms with van der Waals surface area (Å²) in [5.74, 6) is 0. The molecule has 130 valence electrons. The second kappa shape index (κ2) is 10.5. The largest absolute Gasteiger partial charge is 0.393 e. The summed E-state index contributed by atoms with van der Waals surface area (Å²) in [5, 5.41) is 38.9. The van der Waals surface area contributed by atoms with Gasteiger partial charge in [-0.1, -0.05) is 24.3 Å². The van der Waals surface area contributed by atoms with Crippen molar-refractivity contribution in [2.24, 2.45) is 0 Å². The molecule has 4 N–H and O–H groups in total. The minimum atomic E-state index is -0.675. The summed E-state index contributed by atoms with van der Waals surface area (Å²) in [6.07, 6.45) is 1.47. The van der Waals surface area contributed by atoms with Crippen LogP contribution in [0.25, 0.3) is 0 Å². The maximum absolute atomic E-state index is 10.6. The van der Waals surface area contributed by atoms with Crippen molar-refractivity contribution < 1.29 is 25.2 Å². The summed E-state index contributed by atoms with van der Waals surface area (Å²) >= 11 is 0. The highest BCUT2D eigenvalue weighted by molar-refractivity contribution is 5.74. The molecular formula is C18H28O5. The van der Waals surface area contributed by atoms with Crippen molar-refractivity contribution >= 4 is 6.29 Å². The highest BCUT2D eigenvalue weighted by atomic mass is 16.3. The zero-order chi connectivity index (χ0) is 17.2. The van der Waals surface area contributed by atoms with Crippen molar-refractivity contribution in [1.29, 1.82) is 0 Å². The Morgan fingerprint density at radius 2 is 1.30 bits per heavy atom. The third-order valence-corrected chi connectivity index (χ3v) is 3.98. The van der Waals surface area contributed by atoms with Crippen LogP contribution in [0, 0.1) is 0 Å². The van der Waals surface area contributed by atoms with Crippen molar-refractivity contribution in [3.8, 4) is 0 Å². The van der Waals surface area contributed by atoms with E-state index in [-0.39, 0.29) is 0 Å². The number of rotatable bonds is 11. The van der Waals surface area contributed by atoms with Crippen LogP contribution in [0.5, 0.6) is 0 Å². The summed E-state index contributed by atoms with van der Waals surface area (Å²) < 4.78 is 0. The molecule has 4 atom stereocenters. The zero-order valence-corrected chi connectivity index (χ0v) is 13.6. The fourth-order valence-electron chi connectivity index (χ4n) is 2.42. The van der Waals surface area contributed by atoms with Crippen molar-refractivity contribution in [3.05, 3.63) is 35.4 Å².